The lowest BCUT2D eigenvalue weighted by Gasteiger charge is -2.24. The van der Waals surface area contributed by atoms with E-state index in [1.54, 1.807) is 32.9 Å². The molecule has 0 aliphatic carbocycles. The molecule has 0 aliphatic heterocycles. The van der Waals surface area contributed by atoms with E-state index in [2.05, 4.69) is 86.9 Å². The molecule has 0 aromatic heterocycles. The summed E-state index contributed by atoms with van der Waals surface area (Å²) in [7, 11) is 1.25. The average molecular weight is 1830 g/mol. The van der Waals surface area contributed by atoms with Crippen molar-refractivity contribution in [1.29, 1.82) is 0 Å². The lowest BCUT2D eigenvalue weighted by molar-refractivity contribution is -0.144. The van der Waals surface area contributed by atoms with Gasteiger partial charge in [0, 0.05) is 24.6 Å². The molecule has 8 aromatic rings. The SMILES string of the molecule is CCCCCCCCCCCCOc1ccc(COc2cc(COc3cc(COc4ccc(C[C@H](NC(=O)OC(C)(C)C)C(=O)N[C@H](C)C(=O)OC)cc4)cc(OCc4cc(OCc5ccc(OCCCCCCCCCCCC)cc5)cc(OCc5ccc(OCCCCCCCCCCCC)cc5)c4)c3)cc(OCc3ccc(OCCCCCCCCCCCC)cc3)c2)cc1. The molecule has 0 aliphatic rings. The minimum absolute atomic E-state index is 0.0728. The first-order chi connectivity index (χ1) is 65.0. The maximum atomic E-state index is 13.7. The summed E-state index contributed by atoms with van der Waals surface area (Å²) in [5.74, 6) is 6.18. The molecular weight excluding hydrogens is 1670 g/mol. The van der Waals surface area contributed by atoms with Crippen LogP contribution in [0.5, 0.6) is 63.2 Å². The van der Waals surface area contributed by atoms with Crippen LogP contribution in [0.2, 0.25) is 0 Å². The van der Waals surface area contributed by atoms with Gasteiger partial charge >= 0.3 is 12.1 Å². The minimum Gasteiger partial charge on any atom is -0.494 e. The van der Waals surface area contributed by atoms with Gasteiger partial charge in [0.25, 0.3) is 0 Å². The number of benzene rings is 8. The molecule has 2 atom stereocenters. The first kappa shape index (κ1) is 108. The summed E-state index contributed by atoms with van der Waals surface area (Å²) in [5, 5.41) is 5.36. The highest BCUT2D eigenvalue weighted by Crippen LogP contribution is 2.33. The van der Waals surface area contributed by atoms with Crippen LogP contribution in [0.15, 0.2) is 176 Å². The first-order valence-electron chi connectivity index (χ1n) is 51.2. The van der Waals surface area contributed by atoms with E-state index in [1.165, 1.54) is 245 Å². The Morgan fingerprint density at radius 1 is 0.256 bits per heavy atom. The van der Waals surface area contributed by atoms with Crippen LogP contribution in [0.3, 0.4) is 0 Å². The third-order valence-electron chi connectivity index (χ3n) is 23.7. The van der Waals surface area contributed by atoms with Crippen LogP contribution in [-0.4, -0.2) is 69.2 Å². The number of unbranched alkanes of at least 4 members (excludes halogenated alkanes) is 36. The molecule has 0 saturated carbocycles. The predicted molar refractivity (Wildman–Crippen MR) is 538 cm³/mol. The number of rotatable bonds is 75. The third-order valence-corrected chi connectivity index (χ3v) is 23.7. The van der Waals surface area contributed by atoms with Gasteiger partial charge in [-0.1, -0.05) is 320 Å². The molecule has 0 radical (unpaired) electrons. The number of methoxy groups -OCH3 is 1. The Kier molecular flexibility index (Phi) is 53.8. The van der Waals surface area contributed by atoms with E-state index in [0.29, 0.717) is 98.7 Å². The Balaban J connectivity index is 1.01. The predicted octanol–water partition coefficient (Wildman–Crippen LogP) is 30.1. The summed E-state index contributed by atoms with van der Waals surface area (Å²) in [5.41, 5.74) is 6.21. The van der Waals surface area contributed by atoms with Crippen LogP contribution in [-0.2, 0) is 71.7 Å². The quantitative estimate of drug-likeness (QED) is 0.0270. The number of esters is 1. The van der Waals surface area contributed by atoms with E-state index in [9.17, 15) is 14.4 Å². The number of amides is 2. The second-order valence-corrected chi connectivity index (χ2v) is 37.0. The van der Waals surface area contributed by atoms with Gasteiger partial charge in [-0.25, -0.2) is 9.59 Å². The van der Waals surface area contributed by atoms with Crippen molar-refractivity contribution in [1.82, 2.24) is 10.6 Å². The van der Waals surface area contributed by atoms with Crippen molar-refractivity contribution >= 4 is 18.0 Å². The zero-order chi connectivity index (χ0) is 94.2. The van der Waals surface area contributed by atoms with E-state index < -0.39 is 35.7 Å². The van der Waals surface area contributed by atoms with Crippen molar-refractivity contribution in [2.24, 2.45) is 0 Å². The summed E-state index contributed by atoms with van der Waals surface area (Å²) in [6.45, 7) is 20.2. The second kappa shape index (κ2) is 66.2. The van der Waals surface area contributed by atoms with Crippen LogP contribution >= 0.6 is 0 Å². The molecule has 0 saturated heterocycles. The second-order valence-electron chi connectivity index (χ2n) is 37.0. The van der Waals surface area contributed by atoms with Crippen LogP contribution in [0, 0.1) is 0 Å². The van der Waals surface area contributed by atoms with Crippen LogP contribution in [0.4, 0.5) is 4.79 Å². The fourth-order valence-corrected chi connectivity index (χ4v) is 15.8. The topological polar surface area (TPSA) is 195 Å². The lowest BCUT2D eigenvalue weighted by Crippen LogP contribution is -2.52. The molecule has 18 nitrogen and oxygen atoms in total. The van der Waals surface area contributed by atoms with Gasteiger partial charge in [-0.15, -0.1) is 0 Å². The van der Waals surface area contributed by atoms with Crippen molar-refractivity contribution in [3.05, 3.63) is 220 Å². The normalized spacial score (nSPS) is 11.7. The Labute approximate surface area is 799 Å². The number of alkyl carbamates (subject to hydrolysis) is 1. The van der Waals surface area contributed by atoms with E-state index in [0.717, 1.165) is 87.6 Å². The zero-order valence-corrected chi connectivity index (χ0v) is 82.7. The molecule has 730 valence electrons. The summed E-state index contributed by atoms with van der Waals surface area (Å²) in [4.78, 5) is 39.2. The molecule has 8 aromatic carbocycles. The third kappa shape index (κ3) is 48.5. The van der Waals surface area contributed by atoms with Crippen molar-refractivity contribution in [3.8, 4) is 63.2 Å². The van der Waals surface area contributed by atoms with Crippen molar-refractivity contribution in [3.63, 3.8) is 0 Å². The largest absolute Gasteiger partial charge is 0.494 e. The molecule has 2 amide bonds. The van der Waals surface area contributed by atoms with Gasteiger partial charge in [-0.2, -0.15) is 0 Å². The molecular formula is C115H164N2O16. The van der Waals surface area contributed by atoms with Gasteiger partial charge in [-0.3, -0.25) is 4.79 Å². The van der Waals surface area contributed by atoms with Crippen molar-refractivity contribution < 1.29 is 76.0 Å². The number of carbonyl (C=O) groups is 3. The Morgan fingerprint density at radius 3 is 0.699 bits per heavy atom. The first-order valence-corrected chi connectivity index (χ1v) is 51.2. The van der Waals surface area contributed by atoms with Crippen LogP contribution < -0.4 is 62.7 Å². The van der Waals surface area contributed by atoms with Crippen molar-refractivity contribution in [2.45, 2.75) is 383 Å². The maximum Gasteiger partial charge on any atom is 0.408 e. The lowest BCUT2D eigenvalue weighted by atomic mass is 10.0. The molecule has 133 heavy (non-hydrogen) atoms. The number of nitrogens with one attached hydrogen (secondary N) is 2. The van der Waals surface area contributed by atoms with E-state index >= 15 is 0 Å². The molecule has 2 N–H and O–H groups in total. The van der Waals surface area contributed by atoms with Crippen molar-refractivity contribution in [2.75, 3.05) is 33.5 Å². The number of carbonyl (C=O) groups excluding carboxylic acids is 3. The molecule has 0 bridgehead atoms. The monoisotopic (exact) mass is 1830 g/mol. The number of hydrogen-bond acceptors (Lipinski definition) is 16. The zero-order valence-electron chi connectivity index (χ0n) is 82.7. The maximum absolute atomic E-state index is 13.7. The fourth-order valence-electron chi connectivity index (χ4n) is 15.8. The number of hydrogen-bond donors (Lipinski definition) is 2. The molecule has 8 rings (SSSR count). The summed E-state index contributed by atoms with van der Waals surface area (Å²) in [6.07, 6.45) is 50.3. The Hall–Kier alpha value is -10.2. The molecule has 18 heteroatoms. The van der Waals surface area contributed by atoms with Crippen LogP contribution in [0.25, 0.3) is 0 Å². The number of ether oxygens (including phenoxy) is 13. The average Bonchev–Trinajstić information content (AvgIpc) is 0.840. The smallest absolute Gasteiger partial charge is 0.408 e. The van der Waals surface area contributed by atoms with E-state index in [4.69, 9.17) is 61.6 Å². The van der Waals surface area contributed by atoms with Gasteiger partial charge in [0.15, 0.2) is 0 Å². The minimum atomic E-state index is -1.10. The standard InChI is InChI=1S/C115H164N2O16/c1-10-14-18-22-26-30-34-38-42-46-70-122-100-62-52-93(53-63-100)84-127-105-76-98(77-106(81-105)128-85-94-54-64-101(65-55-94)123-71-47-43-39-35-31-27-23-19-15-11-2)89-131-109-74-97(88-126-104-60-50-92(51-61-104)80-111(117-114(120)133-115(6,7)8)112(118)116-91(5)113(119)121-9)75-110(83-109)132-90-99-78-107(129-86-95-56-66-102(67-57-95)124-72-48-44-40-36-32-28-24-20-16-12-3)82-108(79-99)130-87-96-58-68-103(69-59-96)125-73-49-45-41-37-33-29-25-21-17-13-4/h50-69,74-79,81-83,91,111H,10-49,70-73,80,84-90H2,1-9H3,(H,116,118)(H,117,120)/t91-,111+/m1/s1. The highest BCUT2D eigenvalue weighted by Gasteiger charge is 2.28. The van der Waals surface area contributed by atoms with Gasteiger partial charge in [0.1, 0.15) is 127 Å². The van der Waals surface area contributed by atoms with E-state index in [1.807, 2.05) is 115 Å². The molecule has 0 heterocycles. The molecule has 0 fully saturated rings. The Morgan fingerprint density at radius 2 is 0.466 bits per heavy atom. The van der Waals surface area contributed by atoms with Gasteiger partial charge in [-0.05, 0) is 195 Å². The van der Waals surface area contributed by atoms with Gasteiger partial charge < -0.3 is 72.2 Å². The highest BCUT2D eigenvalue weighted by molar-refractivity contribution is 5.89. The molecule has 0 unspecified atom stereocenters. The molecule has 0 spiro atoms. The summed E-state index contributed by atoms with van der Waals surface area (Å²) >= 11 is 0. The summed E-state index contributed by atoms with van der Waals surface area (Å²) in [6, 6.07) is 55.4. The Bertz CT molecular complexity index is 4000. The summed E-state index contributed by atoms with van der Waals surface area (Å²) < 4.78 is 82.0. The van der Waals surface area contributed by atoms with Gasteiger partial charge in [0.05, 0.1) is 33.5 Å². The van der Waals surface area contributed by atoms with E-state index in [-0.39, 0.29) is 26.2 Å². The highest BCUT2D eigenvalue weighted by atomic mass is 16.6. The fraction of sp³-hybridized carbons (Fsp3) is 0.557. The van der Waals surface area contributed by atoms with Crippen LogP contribution in [0.1, 0.15) is 357 Å². The van der Waals surface area contributed by atoms with Gasteiger partial charge in [0.2, 0.25) is 5.91 Å².